The molecule has 0 saturated carbocycles. The predicted octanol–water partition coefficient (Wildman–Crippen LogP) is 7.71. The van der Waals surface area contributed by atoms with Crippen LogP contribution >= 0.6 is 11.8 Å². The van der Waals surface area contributed by atoms with Crippen molar-refractivity contribution in [3.8, 4) is 0 Å². The molecule has 0 saturated heterocycles. The summed E-state index contributed by atoms with van der Waals surface area (Å²) in [7, 11) is 0. The minimum absolute atomic E-state index is 0.201. The van der Waals surface area contributed by atoms with E-state index in [1.54, 1.807) is 0 Å². The van der Waals surface area contributed by atoms with Crippen LogP contribution in [0.1, 0.15) is 21.9 Å². The van der Waals surface area contributed by atoms with Crippen LogP contribution in [0.25, 0.3) is 10.9 Å². The number of nitrogens with zero attached hydrogens (tertiary/aromatic N) is 1. The molecule has 0 bridgehead atoms. The van der Waals surface area contributed by atoms with E-state index in [0.717, 1.165) is 5.56 Å². The maximum absolute atomic E-state index is 13.3. The normalized spacial score (nSPS) is 11.3. The molecule has 0 radical (unpaired) electrons. The summed E-state index contributed by atoms with van der Waals surface area (Å²) in [6.45, 7) is 0.711. The quantitative estimate of drug-likeness (QED) is 0.253. The summed E-state index contributed by atoms with van der Waals surface area (Å²) in [5.41, 5.74) is 4.85. The van der Waals surface area contributed by atoms with Crippen molar-refractivity contribution in [2.75, 3.05) is 0 Å². The standard InChI is InChI=1S/C28H22FNS/c29-24-17-15-21(16-18-24)19-30-20-27(25-13-7-8-14-26(25)30)31-28(22-9-3-1-4-10-22)23-11-5-2-6-12-23/h1-18,20,28H,19H2. The summed E-state index contributed by atoms with van der Waals surface area (Å²) < 4.78 is 15.6. The molecule has 1 aromatic heterocycles. The molecule has 5 aromatic rings. The second-order valence-electron chi connectivity index (χ2n) is 7.58. The van der Waals surface area contributed by atoms with Crippen LogP contribution in [0, 0.1) is 5.82 Å². The van der Waals surface area contributed by atoms with Gasteiger partial charge in [0, 0.05) is 28.5 Å². The first-order valence-electron chi connectivity index (χ1n) is 10.4. The van der Waals surface area contributed by atoms with Gasteiger partial charge >= 0.3 is 0 Å². The Morgan fingerprint density at radius 1 is 0.677 bits per heavy atom. The van der Waals surface area contributed by atoms with Gasteiger partial charge in [-0.2, -0.15) is 0 Å². The zero-order valence-electron chi connectivity index (χ0n) is 17.0. The smallest absolute Gasteiger partial charge is 0.123 e. The van der Waals surface area contributed by atoms with E-state index in [1.165, 1.54) is 39.1 Å². The molecule has 0 atom stereocenters. The number of hydrogen-bond acceptors (Lipinski definition) is 1. The van der Waals surface area contributed by atoms with Crippen LogP contribution in [0.3, 0.4) is 0 Å². The fraction of sp³-hybridized carbons (Fsp3) is 0.0714. The number of benzene rings is 4. The highest BCUT2D eigenvalue weighted by Crippen LogP contribution is 2.43. The van der Waals surface area contributed by atoms with E-state index in [-0.39, 0.29) is 11.1 Å². The van der Waals surface area contributed by atoms with Crippen molar-refractivity contribution in [1.82, 2.24) is 4.57 Å². The van der Waals surface area contributed by atoms with Gasteiger partial charge < -0.3 is 4.57 Å². The van der Waals surface area contributed by atoms with Crippen molar-refractivity contribution in [1.29, 1.82) is 0 Å². The second-order valence-corrected chi connectivity index (χ2v) is 8.73. The Kier molecular flexibility index (Phi) is 5.59. The predicted molar refractivity (Wildman–Crippen MR) is 128 cm³/mol. The average molecular weight is 424 g/mol. The van der Waals surface area contributed by atoms with Crippen LogP contribution in [0.5, 0.6) is 0 Å². The summed E-state index contributed by atoms with van der Waals surface area (Å²) in [5.74, 6) is -0.203. The lowest BCUT2D eigenvalue weighted by Gasteiger charge is -2.17. The molecule has 0 N–H and O–H groups in total. The van der Waals surface area contributed by atoms with Gasteiger partial charge in [-0.1, -0.05) is 91.0 Å². The van der Waals surface area contributed by atoms with Gasteiger partial charge in [-0.05, 0) is 34.9 Å². The molecule has 5 rings (SSSR count). The van der Waals surface area contributed by atoms with Gasteiger partial charge in [0.05, 0.1) is 5.25 Å². The molecule has 0 spiro atoms. The first kappa shape index (κ1) is 19.7. The van der Waals surface area contributed by atoms with Crippen LogP contribution < -0.4 is 0 Å². The molecule has 0 amide bonds. The highest BCUT2D eigenvalue weighted by atomic mass is 32.2. The van der Waals surface area contributed by atoms with Crippen molar-refractivity contribution in [2.24, 2.45) is 0 Å². The molecular weight excluding hydrogens is 401 g/mol. The molecular formula is C28H22FNS. The monoisotopic (exact) mass is 423 g/mol. The molecule has 1 nitrogen and oxygen atoms in total. The molecule has 3 heteroatoms. The number of thioether (sulfide) groups is 1. The van der Waals surface area contributed by atoms with Crippen LogP contribution in [-0.2, 0) is 6.54 Å². The third kappa shape index (κ3) is 4.28. The lowest BCUT2D eigenvalue weighted by Crippen LogP contribution is -1.98. The maximum atomic E-state index is 13.3. The fourth-order valence-corrected chi connectivity index (χ4v) is 5.26. The number of fused-ring (bicyclic) bond motifs is 1. The van der Waals surface area contributed by atoms with Gasteiger partial charge in [-0.25, -0.2) is 4.39 Å². The second kappa shape index (κ2) is 8.83. The van der Waals surface area contributed by atoms with Crippen molar-refractivity contribution in [2.45, 2.75) is 16.7 Å². The summed E-state index contributed by atoms with van der Waals surface area (Å²) >= 11 is 1.88. The highest BCUT2D eigenvalue weighted by molar-refractivity contribution is 8.00. The molecule has 152 valence electrons. The zero-order valence-corrected chi connectivity index (χ0v) is 17.8. The topological polar surface area (TPSA) is 4.93 Å². The largest absolute Gasteiger partial charge is 0.342 e. The van der Waals surface area contributed by atoms with E-state index in [1.807, 2.05) is 23.9 Å². The Balaban J connectivity index is 1.55. The Morgan fingerprint density at radius 3 is 1.90 bits per heavy atom. The van der Waals surface area contributed by atoms with Gasteiger partial charge in [0.1, 0.15) is 5.82 Å². The molecule has 4 aromatic carbocycles. The van der Waals surface area contributed by atoms with Gasteiger partial charge in [0.25, 0.3) is 0 Å². The van der Waals surface area contributed by atoms with Gasteiger partial charge in [-0.3, -0.25) is 0 Å². The van der Waals surface area contributed by atoms with Crippen molar-refractivity contribution in [3.05, 3.63) is 138 Å². The van der Waals surface area contributed by atoms with Crippen LogP contribution in [0.2, 0.25) is 0 Å². The lowest BCUT2D eigenvalue weighted by atomic mass is 10.0. The number of rotatable bonds is 6. The summed E-state index contributed by atoms with van der Waals surface area (Å²) in [6.07, 6.45) is 2.23. The number of halogens is 1. The Bertz CT molecular complexity index is 1240. The van der Waals surface area contributed by atoms with Crippen molar-refractivity contribution < 1.29 is 4.39 Å². The molecule has 1 heterocycles. The summed E-state index contributed by atoms with van der Waals surface area (Å²) in [5, 5.41) is 1.44. The van der Waals surface area contributed by atoms with Crippen LogP contribution in [0.15, 0.2) is 120 Å². The maximum Gasteiger partial charge on any atom is 0.123 e. The first-order valence-corrected chi connectivity index (χ1v) is 11.2. The van der Waals surface area contributed by atoms with Crippen LogP contribution in [0.4, 0.5) is 4.39 Å². The average Bonchev–Trinajstić information content (AvgIpc) is 3.17. The van der Waals surface area contributed by atoms with E-state index in [9.17, 15) is 4.39 Å². The number of para-hydroxylation sites is 1. The number of hydrogen-bond donors (Lipinski definition) is 0. The molecule has 31 heavy (non-hydrogen) atoms. The van der Waals surface area contributed by atoms with Gasteiger partial charge in [0.2, 0.25) is 0 Å². The molecule has 0 aliphatic heterocycles. The van der Waals surface area contributed by atoms with E-state index in [4.69, 9.17) is 0 Å². The zero-order chi connectivity index (χ0) is 21.0. The minimum atomic E-state index is -0.203. The Hall–Kier alpha value is -3.30. The van der Waals surface area contributed by atoms with Gasteiger partial charge in [0.15, 0.2) is 0 Å². The molecule has 0 fully saturated rings. The molecule has 0 aliphatic rings. The van der Waals surface area contributed by atoms with E-state index >= 15 is 0 Å². The molecule has 0 aliphatic carbocycles. The van der Waals surface area contributed by atoms with E-state index < -0.39 is 0 Å². The van der Waals surface area contributed by atoms with Crippen LogP contribution in [-0.4, -0.2) is 4.57 Å². The SMILES string of the molecule is Fc1ccc(Cn2cc(SC(c3ccccc3)c3ccccc3)c3ccccc32)cc1. The summed E-state index contributed by atoms with van der Waals surface area (Å²) in [6, 6.07) is 36.6. The Labute approximate surface area is 186 Å². The summed E-state index contributed by atoms with van der Waals surface area (Å²) in [4.78, 5) is 1.25. The molecule has 0 unspecified atom stereocenters. The van der Waals surface area contributed by atoms with E-state index in [2.05, 4.69) is 95.7 Å². The lowest BCUT2D eigenvalue weighted by molar-refractivity contribution is 0.626. The third-order valence-corrected chi connectivity index (χ3v) is 6.83. The van der Waals surface area contributed by atoms with Gasteiger partial charge in [-0.15, -0.1) is 11.8 Å². The minimum Gasteiger partial charge on any atom is -0.342 e. The fourth-order valence-electron chi connectivity index (χ4n) is 3.94. The Morgan fingerprint density at radius 2 is 1.26 bits per heavy atom. The van der Waals surface area contributed by atoms with Crippen molar-refractivity contribution in [3.63, 3.8) is 0 Å². The first-order chi connectivity index (χ1) is 15.3. The third-order valence-electron chi connectivity index (χ3n) is 5.47. The highest BCUT2D eigenvalue weighted by Gasteiger charge is 2.19. The van der Waals surface area contributed by atoms with E-state index in [0.29, 0.717) is 6.54 Å². The van der Waals surface area contributed by atoms with Crippen molar-refractivity contribution >= 4 is 22.7 Å². The number of aromatic nitrogens is 1.